The second kappa shape index (κ2) is 6.42. The van der Waals surface area contributed by atoms with E-state index >= 15 is 0 Å². The van der Waals surface area contributed by atoms with E-state index in [1.165, 1.54) is 21.7 Å². The number of aryl methyl sites for hydroxylation is 1. The molecule has 2 nitrogen and oxygen atoms in total. The van der Waals surface area contributed by atoms with Crippen LogP contribution in [0.3, 0.4) is 0 Å². The summed E-state index contributed by atoms with van der Waals surface area (Å²) in [5.74, 6) is 0. The van der Waals surface area contributed by atoms with Gasteiger partial charge in [-0.05, 0) is 55.8 Å². The smallest absolute Gasteiger partial charge is 0.0603 e. The fraction of sp³-hybridized carbons (Fsp3) is 0.412. The van der Waals surface area contributed by atoms with Gasteiger partial charge in [0.15, 0.2) is 0 Å². The number of anilines is 1. The lowest BCUT2D eigenvalue weighted by Crippen LogP contribution is -2.22. The van der Waals surface area contributed by atoms with Gasteiger partial charge in [-0.15, -0.1) is 11.3 Å². The van der Waals surface area contributed by atoms with Crippen molar-refractivity contribution in [3.05, 3.63) is 51.7 Å². The van der Waals surface area contributed by atoms with E-state index in [1.54, 1.807) is 0 Å². The fourth-order valence-electron chi connectivity index (χ4n) is 2.54. The molecule has 20 heavy (non-hydrogen) atoms. The van der Waals surface area contributed by atoms with Gasteiger partial charge in [-0.3, -0.25) is 0 Å². The Kier molecular flexibility index (Phi) is 4.84. The third-order valence-corrected chi connectivity index (χ3v) is 4.78. The zero-order valence-corrected chi connectivity index (χ0v) is 13.6. The van der Waals surface area contributed by atoms with Crippen LogP contribution >= 0.6 is 11.3 Å². The number of hydrogen-bond donors (Lipinski definition) is 1. The fourth-order valence-corrected chi connectivity index (χ4v) is 3.37. The van der Waals surface area contributed by atoms with Crippen LogP contribution in [0.1, 0.15) is 35.9 Å². The van der Waals surface area contributed by atoms with Crippen molar-refractivity contribution in [2.75, 3.05) is 11.9 Å². The van der Waals surface area contributed by atoms with E-state index in [0.29, 0.717) is 6.04 Å². The van der Waals surface area contributed by atoms with Crippen molar-refractivity contribution in [3.8, 4) is 0 Å². The second-order valence-corrected chi connectivity index (χ2v) is 6.58. The molecule has 0 spiro atoms. The highest BCUT2D eigenvalue weighted by Gasteiger charge is 2.15. The number of rotatable bonds is 5. The van der Waals surface area contributed by atoms with Gasteiger partial charge in [-0.25, -0.2) is 0 Å². The van der Waals surface area contributed by atoms with Gasteiger partial charge in [0, 0.05) is 23.7 Å². The van der Waals surface area contributed by atoms with Gasteiger partial charge < -0.3 is 10.6 Å². The summed E-state index contributed by atoms with van der Waals surface area (Å²) in [5, 5.41) is 2.14. The van der Waals surface area contributed by atoms with E-state index in [-0.39, 0.29) is 6.04 Å². The molecule has 0 amide bonds. The van der Waals surface area contributed by atoms with Crippen LogP contribution in [0, 0.1) is 6.92 Å². The van der Waals surface area contributed by atoms with Crippen molar-refractivity contribution in [2.24, 2.45) is 5.73 Å². The molecule has 0 aliphatic carbocycles. The van der Waals surface area contributed by atoms with Gasteiger partial charge in [0.05, 0.1) is 6.04 Å². The molecule has 0 bridgehead atoms. The molecule has 1 aromatic heterocycles. The first-order chi connectivity index (χ1) is 9.49. The molecular weight excluding hydrogens is 264 g/mol. The number of hydrogen-bond acceptors (Lipinski definition) is 3. The van der Waals surface area contributed by atoms with Gasteiger partial charge >= 0.3 is 0 Å². The van der Waals surface area contributed by atoms with Crippen LogP contribution in [0.15, 0.2) is 35.7 Å². The minimum atomic E-state index is 0.211. The lowest BCUT2D eigenvalue weighted by Gasteiger charge is -2.28. The molecule has 0 aliphatic rings. The van der Waals surface area contributed by atoms with Crippen LogP contribution in [0.5, 0.6) is 0 Å². The normalized spacial score (nSPS) is 14.1. The Morgan fingerprint density at radius 3 is 2.55 bits per heavy atom. The molecule has 0 saturated heterocycles. The zero-order valence-electron chi connectivity index (χ0n) is 12.8. The summed E-state index contributed by atoms with van der Waals surface area (Å²) >= 11 is 1.81. The summed E-state index contributed by atoms with van der Waals surface area (Å²) in [6, 6.07) is 11.6. The van der Waals surface area contributed by atoms with Crippen LogP contribution in [0.25, 0.3) is 0 Å². The molecule has 3 heteroatoms. The van der Waals surface area contributed by atoms with Crippen molar-refractivity contribution in [1.82, 2.24) is 0 Å². The van der Waals surface area contributed by atoms with Gasteiger partial charge in [0.25, 0.3) is 0 Å². The van der Waals surface area contributed by atoms with Crippen molar-refractivity contribution >= 4 is 17.0 Å². The van der Waals surface area contributed by atoms with Gasteiger partial charge in [0.2, 0.25) is 0 Å². The van der Waals surface area contributed by atoms with E-state index in [9.17, 15) is 0 Å². The number of nitrogens with zero attached hydrogens (tertiary/aromatic N) is 1. The molecule has 0 radical (unpaired) electrons. The molecule has 2 aromatic rings. The molecule has 0 saturated carbocycles. The van der Waals surface area contributed by atoms with Crippen LogP contribution in [0.4, 0.5) is 5.69 Å². The molecule has 108 valence electrons. The van der Waals surface area contributed by atoms with E-state index in [2.05, 4.69) is 61.5 Å². The molecule has 2 unspecified atom stereocenters. The lowest BCUT2D eigenvalue weighted by atomic mass is 10.0. The first-order valence-electron chi connectivity index (χ1n) is 7.10. The lowest BCUT2D eigenvalue weighted by molar-refractivity contribution is 0.734. The molecule has 0 fully saturated rings. The zero-order chi connectivity index (χ0) is 14.7. The molecule has 2 atom stereocenters. The summed E-state index contributed by atoms with van der Waals surface area (Å²) in [6.45, 7) is 6.48. The number of benzene rings is 1. The molecule has 1 aromatic carbocycles. The molecule has 2 N–H and O–H groups in total. The van der Waals surface area contributed by atoms with Gasteiger partial charge in [-0.2, -0.15) is 0 Å². The number of thiophene rings is 1. The minimum Gasteiger partial charge on any atom is -0.367 e. The third kappa shape index (κ3) is 3.41. The standard InChI is InChI=1S/C17H24N2S/c1-12-10-15(11-13(2)18)7-8-16(12)19(4)14(3)17-6-5-9-20-17/h5-10,13-14H,11,18H2,1-4H3. The summed E-state index contributed by atoms with van der Waals surface area (Å²) in [4.78, 5) is 3.74. The maximum atomic E-state index is 5.88. The molecule has 1 heterocycles. The van der Waals surface area contributed by atoms with Crippen molar-refractivity contribution in [1.29, 1.82) is 0 Å². The molecule has 2 rings (SSSR count). The maximum Gasteiger partial charge on any atom is 0.0603 e. The summed E-state index contributed by atoms with van der Waals surface area (Å²) in [6.07, 6.45) is 0.936. The highest BCUT2D eigenvalue weighted by Crippen LogP contribution is 2.30. The first kappa shape index (κ1) is 15.1. The Hall–Kier alpha value is -1.32. The Balaban J connectivity index is 2.20. The predicted octanol–water partition coefficient (Wildman–Crippen LogP) is 4.14. The summed E-state index contributed by atoms with van der Waals surface area (Å²) in [5.41, 5.74) is 9.80. The Morgan fingerprint density at radius 2 is 2.00 bits per heavy atom. The minimum absolute atomic E-state index is 0.211. The highest BCUT2D eigenvalue weighted by atomic mass is 32.1. The van der Waals surface area contributed by atoms with Crippen LogP contribution < -0.4 is 10.6 Å². The Morgan fingerprint density at radius 1 is 1.25 bits per heavy atom. The average molecular weight is 288 g/mol. The summed E-state index contributed by atoms with van der Waals surface area (Å²) in [7, 11) is 2.16. The molecular formula is C17H24N2S. The van der Waals surface area contributed by atoms with E-state index in [0.717, 1.165) is 6.42 Å². The predicted molar refractivity (Wildman–Crippen MR) is 89.7 cm³/mol. The van der Waals surface area contributed by atoms with Crippen molar-refractivity contribution < 1.29 is 0 Å². The first-order valence-corrected chi connectivity index (χ1v) is 7.98. The Labute approximate surface area is 126 Å². The third-order valence-electron chi connectivity index (χ3n) is 3.73. The highest BCUT2D eigenvalue weighted by molar-refractivity contribution is 7.10. The van der Waals surface area contributed by atoms with Crippen molar-refractivity contribution in [2.45, 2.75) is 39.3 Å². The maximum absolute atomic E-state index is 5.88. The monoisotopic (exact) mass is 288 g/mol. The second-order valence-electron chi connectivity index (χ2n) is 5.60. The quantitative estimate of drug-likeness (QED) is 0.896. The van der Waals surface area contributed by atoms with Crippen molar-refractivity contribution in [3.63, 3.8) is 0 Å². The SMILES string of the molecule is Cc1cc(CC(C)N)ccc1N(C)C(C)c1cccs1. The van der Waals surface area contributed by atoms with E-state index < -0.39 is 0 Å². The largest absolute Gasteiger partial charge is 0.367 e. The summed E-state index contributed by atoms with van der Waals surface area (Å²) < 4.78 is 0. The van der Waals surface area contributed by atoms with E-state index in [4.69, 9.17) is 5.73 Å². The van der Waals surface area contributed by atoms with Crippen LogP contribution in [0.2, 0.25) is 0 Å². The van der Waals surface area contributed by atoms with E-state index in [1.807, 2.05) is 18.3 Å². The average Bonchev–Trinajstić information content (AvgIpc) is 2.90. The van der Waals surface area contributed by atoms with Crippen LogP contribution in [-0.2, 0) is 6.42 Å². The molecule has 0 aliphatic heterocycles. The topological polar surface area (TPSA) is 29.3 Å². The number of nitrogens with two attached hydrogens (primary N) is 1. The van der Waals surface area contributed by atoms with Crippen LogP contribution in [-0.4, -0.2) is 13.1 Å². The van der Waals surface area contributed by atoms with Gasteiger partial charge in [0.1, 0.15) is 0 Å². The van der Waals surface area contributed by atoms with Gasteiger partial charge in [-0.1, -0.05) is 18.2 Å². The Bertz CT molecular complexity index is 546.